The van der Waals surface area contributed by atoms with Crippen molar-refractivity contribution >= 4 is 12.4 Å². The Bertz CT molecular complexity index is 312. The Kier molecular flexibility index (Phi) is 6.22. The summed E-state index contributed by atoms with van der Waals surface area (Å²) in [5, 5.41) is 11.3. The highest BCUT2D eigenvalue weighted by atomic mass is 35.5. The smallest absolute Gasteiger partial charge is 0.233 e. The fourth-order valence-corrected chi connectivity index (χ4v) is 1.96. The first-order valence-electron chi connectivity index (χ1n) is 5.98. The minimum atomic E-state index is 0. The van der Waals surface area contributed by atoms with E-state index < -0.39 is 0 Å². The molecule has 2 rings (SSSR count). The largest absolute Gasteiger partial charge is 0.477 e. The molecule has 0 bridgehead atoms. The van der Waals surface area contributed by atoms with Gasteiger partial charge in [0.25, 0.3) is 0 Å². The van der Waals surface area contributed by atoms with Crippen molar-refractivity contribution in [1.82, 2.24) is 15.5 Å². The van der Waals surface area contributed by atoms with Crippen LogP contribution in [0.15, 0.2) is 12.1 Å². The number of aromatic nitrogens is 2. The van der Waals surface area contributed by atoms with Gasteiger partial charge in [-0.15, -0.1) is 17.5 Å². The molecule has 1 aromatic rings. The van der Waals surface area contributed by atoms with Gasteiger partial charge in [-0.25, -0.2) is 0 Å². The summed E-state index contributed by atoms with van der Waals surface area (Å²) in [6, 6.07) is 3.80. The van der Waals surface area contributed by atoms with E-state index >= 15 is 0 Å². The van der Waals surface area contributed by atoms with E-state index in [2.05, 4.69) is 15.5 Å². The number of nitrogens with zero attached hydrogens (tertiary/aromatic N) is 2. The second-order valence-electron chi connectivity index (χ2n) is 4.34. The van der Waals surface area contributed by atoms with Crippen LogP contribution < -0.4 is 10.1 Å². The molecule has 1 aromatic heterocycles. The van der Waals surface area contributed by atoms with Gasteiger partial charge < -0.3 is 10.1 Å². The summed E-state index contributed by atoms with van der Waals surface area (Å²) in [4.78, 5) is 0. The van der Waals surface area contributed by atoms with E-state index in [1.165, 1.54) is 12.8 Å². The van der Waals surface area contributed by atoms with Crippen molar-refractivity contribution in [3.63, 3.8) is 0 Å². The van der Waals surface area contributed by atoms with Crippen molar-refractivity contribution < 1.29 is 4.74 Å². The zero-order chi connectivity index (χ0) is 11.2. The molecule has 1 fully saturated rings. The van der Waals surface area contributed by atoms with Crippen LogP contribution in [0.3, 0.4) is 0 Å². The number of piperidine rings is 1. The van der Waals surface area contributed by atoms with Gasteiger partial charge in [-0.2, -0.15) is 5.10 Å². The zero-order valence-electron chi connectivity index (χ0n) is 10.2. The van der Waals surface area contributed by atoms with Crippen molar-refractivity contribution in [3.8, 4) is 5.88 Å². The molecule has 0 saturated carbocycles. The molecule has 4 nitrogen and oxygen atoms in total. The first-order valence-corrected chi connectivity index (χ1v) is 5.98. The minimum Gasteiger partial charge on any atom is -0.477 e. The summed E-state index contributed by atoms with van der Waals surface area (Å²) in [5.74, 6) is 1.44. The Hall–Kier alpha value is -0.870. The maximum Gasteiger partial charge on any atom is 0.233 e. The molecule has 1 aliphatic rings. The van der Waals surface area contributed by atoms with Gasteiger partial charge in [0.15, 0.2) is 0 Å². The van der Waals surface area contributed by atoms with Crippen molar-refractivity contribution in [1.29, 1.82) is 0 Å². The Balaban J connectivity index is 0.00000144. The van der Waals surface area contributed by atoms with Gasteiger partial charge in [0, 0.05) is 6.07 Å². The Morgan fingerprint density at radius 2 is 2.06 bits per heavy atom. The maximum absolute atomic E-state index is 5.57. The molecule has 0 amide bonds. The van der Waals surface area contributed by atoms with Gasteiger partial charge in [0.05, 0.1) is 12.3 Å². The van der Waals surface area contributed by atoms with Crippen LogP contribution in [0.5, 0.6) is 5.88 Å². The van der Waals surface area contributed by atoms with Crippen LogP contribution in [0, 0.1) is 12.8 Å². The second kappa shape index (κ2) is 7.45. The minimum absolute atomic E-state index is 0. The van der Waals surface area contributed by atoms with E-state index in [0.29, 0.717) is 5.88 Å². The van der Waals surface area contributed by atoms with Crippen molar-refractivity contribution in [2.24, 2.45) is 5.92 Å². The van der Waals surface area contributed by atoms with E-state index in [0.717, 1.165) is 37.7 Å². The fourth-order valence-electron chi connectivity index (χ4n) is 1.96. The molecule has 0 radical (unpaired) electrons. The average molecular weight is 258 g/mol. The van der Waals surface area contributed by atoms with E-state index in [-0.39, 0.29) is 12.4 Å². The van der Waals surface area contributed by atoms with E-state index in [4.69, 9.17) is 4.74 Å². The number of hydrogen-bond donors (Lipinski definition) is 1. The number of aryl methyl sites for hydroxylation is 1. The number of rotatable bonds is 4. The lowest BCUT2D eigenvalue weighted by Gasteiger charge is -2.22. The third-order valence-corrected chi connectivity index (χ3v) is 3.01. The molecule has 0 atom stereocenters. The molecule has 1 saturated heterocycles. The second-order valence-corrected chi connectivity index (χ2v) is 4.34. The monoisotopic (exact) mass is 257 g/mol. The van der Waals surface area contributed by atoms with Gasteiger partial charge in [-0.1, -0.05) is 0 Å². The van der Waals surface area contributed by atoms with Crippen molar-refractivity contribution in [2.75, 3.05) is 19.7 Å². The molecular weight excluding hydrogens is 238 g/mol. The Labute approximate surface area is 109 Å². The molecule has 2 heterocycles. The molecule has 1 aliphatic heterocycles. The molecule has 0 unspecified atom stereocenters. The molecule has 0 spiro atoms. The number of nitrogens with one attached hydrogen (secondary N) is 1. The molecule has 1 N–H and O–H groups in total. The van der Waals surface area contributed by atoms with Gasteiger partial charge in [0.2, 0.25) is 5.88 Å². The lowest BCUT2D eigenvalue weighted by Crippen LogP contribution is -2.28. The highest BCUT2D eigenvalue weighted by Gasteiger charge is 2.12. The lowest BCUT2D eigenvalue weighted by atomic mass is 9.95. The SMILES string of the molecule is Cc1ccc(OCCC2CCNCC2)nn1.Cl. The number of halogens is 1. The number of ether oxygens (including phenoxy) is 1. The summed E-state index contributed by atoms with van der Waals surface area (Å²) in [6.45, 7) is 4.97. The molecular formula is C12H20ClN3O. The number of hydrogen-bond acceptors (Lipinski definition) is 4. The van der Waals surface area contributed by atoms with Gasteiger partial charge in [0.1, 0.15) is 0 Å². The predicted molar refractivity (Wildman–Crippen MR) is 69.7 cm³/mol. The first kappa shape index (κ1) is 14.2. The third-order valence-electron chi connectivity index (χ3n) is 3.01. The third kappa shape index (κ3) is 4.88. The molecule has 5 heteroatoms. The predicted octanol–water partition coefficient (Wildman–Crippen LogP) is 1.98. The van der Waals surface area contributed by atoms with Gasteiger partial charge >= 0.3 is 0 Å². The zero-order valence-corrected chi connectivity index (χ0v) is 11.0. The Morgan fingerprint density at radius 3 is 2.71 bits per heavy atom. The first-order chi connectivity index (χ1) is 7.84. The standard InChI is InChI=1S/C12H19N3O.ClH/c1-10-2-3-12(15-14-10)16-9-6-11-4-7-13-8-5-11;/h2-3,11,13H,4-9H2,1H3;1H. The normalized spacial score (nSPS) is 16.3. The van der Waals surface area contributed by atoms with Crippen LogP contribution in [0.1, 0.15) is 25.0 Å². The molecule has 96 valence electrons. The van der Waals surface area contributed by atoms with Crippen molar-refractivity contribution in [3.05, 3.63) is 17.8 Å². The van der Waals surface area contributed by atoms with Crippen LogP contribution in [0.4, 0.5) is 0 Å². The van der Waals surface area contributed by atoms with E-state index in [9.17, 15) is 0 Å². The summed E-state index contributed by atoms with van der Waals surface area (Å²) in [6.07, 6.45) is 3.66. The van der Waals surface area contributed by atoms with E-state index in [1.807, 2.05) is 19.1 Å². The average Bonchev–Trinajstić information content (AvgIpc) is 2.33. The fraction of sp³-hybridized carbons (Fsp3) is 0.667. The quantitative estimate of drug-likeness (QED) is 0.896. The summed E-state index contributed by atoms with van der Waals surface area (Å²) < 4.78 is 5.57. The highest BCUT2D eigenvalue weighted by molar-refractivity contribution is 5.85. The van der Waals surface area contributed by atoms with Crippen LogP contribution in [-0.2, 0) is 0 Å². The molecule has 0 aromatic carbocycles. The maximum atomic E-state index is 5.57. The highest BCUT2D eigenvalue weighted by Crippen LogP contribution is 2.16. The van der Waals surface area contributed by atoms with Crippen molar-refractivity contribution in [2.45, 2.75) is 26.2 Å². The summed E-state index contributed by atoms with van der Waals surface area (Å²) in [5.41, 5.74) is 0.922. The van der Waals surface area contributed by atoms with Crippen LogP contribution in [0.25, 0.3) is 0 Å². The Morgan fingerprint density at radius 1 is 1.29 bits per heavy atom. The molecule has 17 heavy (non-hydrogen) atoms. The topological polar surface area (TPSA) is 47.0 Å². The van der Waals surface area contributed by atoms with Crippen LogP contribution in [0.2, 0.25) is 0 Å². The van der Waals surface area contributed by atoms with Crippen LogP contribution >= 0.6 is 12.4 Å². The van der Waals surface area contributed by atoms with E-state index in [1.54, 1.807) is 0 Å². The lowest BCUT2D eigenvalue weighted by molar-refractivity contribution is 0.243. The molecule has 0 aliphatic carbocycles. The summed E-state index contributed by atoms with van der Waals surface area (Å²) in [7, 11) is 0. The van der Waals surface area contributed by atoms with Crippen LogP contribution in [-0.4, -0.2) is 29.9 Å². The summed E-state index contributed by atoms with van der Waals surface area (Å²) >= 11 is 0. The van der Waals surface area contributed by atoms with Gasteiger partial charge in [-0.3, -0.25) is 0 Å². The van der Waals surface area contributed by atoms with Gasteiger partial charge in [-0.05, 0) is 51.3 Å².